The Morgan fingerprint density at radius 3 is 2.39 bits per heavy atom. The summed E-state index contributed by atoms with van der Waals surface area (Å²) in [6, 6.07) is 12.0. The van der Waals surface area contributed by atoms with Crippen molar-refractivity contribution in [2.24, 2.45) is 0 Å². The molecule has 0 aliphatic carbocycles. The van der Waals surface area contributed by atoms with Crippen molar-refractivity contribution in [1.82, 2.24) is 0 Å². The van der Waals surface area contributed by atoms with Crippen LogP contribution >= 0.6 is 0 Å². The summed E-state index contributed by atoms with van der Waals surface area (Å²) >= 11 is 0. The van der Waals surface area contributed by atoms with Crippen molar-refractivity contribution >= 4 is 21.4 Å². The van der Waals surface area contributed by atoms with Crippen LogP contribution in [0.15, 0.2) is 53.4 Å². The van der Waals surface area contributed by atoms with E-state index in [4.69, 9.17) is 0 Å². The van der Waals surface area contributed by atoms with Gasteiger partial charge in [0.1, 0.15) is 0 Å². The number of aliphatic hydroxyl groups is 1. The highest BCUT2D eigenvalue weighted by molar-refractivity contribution is 7.92. The molecule has 0 atom stereocenters. The highest BCUT2D eigenvalue weighted by Gasteiger charge is 2.27. The van der Waals surface area contributed by atoms with Crippen molar-refractivity contribution in [3.63, 3.8) is 0 Å². The molecule has 0 aliphatic rings. The maximum absolute atomic E-state index is 12.9. The summed E-state index contributed by atoms with van der Waals surface area (Å²) < 4.78 is 26.9. The Morgan fingerprint density at radius 2 is 1.83 bits per heavy atom. The standard InChI is InChI=1S/C15H16N2O5S/c1-12-7-8-14(17(19)20)11-15(12)23(21,22)16(9-10-18)13-5-3-2-4-6-13/h2-8,11,18H,9-10H2,1H3. The second kappa shape index (κ2) is 6.76. The van der Waals surface area contributed by atoms with Crippen LogP contribution in [0.5, 0.6) is 0 Å². The lowest BCUT2D eigenvalue weighted by atomic mass is 10.2. The molecule has 0 spiro atoms. The van der Waals surface area contributed by atoms with Gasteiger partial charge in [-0.3, -0.25) is 14.4 Å². The van der Waals surface area contributed by atoms with Crippen LogP contribution in [0.3, 0.4) is 0 Å². The van der Waals surface area contributed by atoms with Crippen molar-refractivity contribution in [2.75, 3.05) is 17.5 Å². The molecule has 2 rings (SSSR count). The van der Waals surface area contributed by atoms with E-state index in [1.165, 1.54) is 12.1 Å². The molecule has 23 heavy (non-hydrogen) atoms. The average molecular weight is 336 g/mol. The van der Waals surface area contributed by atoms with Crippen molar-refractivity contribution < 1.29 is 18.4 Å². The maximum Gasteiger partial charge on any atom is 0.270 e. The first-order valence-corrected chi connectivity index (χ1v) is 8.25. The second-order valence-electron chi connectivity index (χ2n) is 4.84. The molecular weight excluding hydrogens is 320 g/mol. The van der Waals surface area contributed by atoms with Crippen LogP contribution in [0, 0.1) is 17.0 Å². The largest absolute Gasteiger partial charge is 0.394 e. The smallest absolute Gasteiger partial charge is 0.270 e. The zero-order valence-corrected chi connectivity index (χ0v) is 13.2. The van der Waals surface area contributed by atoms with Crippen molar-refractivity contribution in [1.29, 1.82) is 0 Å². The molecule has 2 aromatic carbocycles. The van der Waals surface area contributed by atoms with Crippen LogP contribution in [-0.4, -0.2) is 31.6 Å². The zero-order valence-electron chi connectivity index (χ0n) is 12.4. The minimum Gasteiger partial charge on any atom is -0.394 e. The number of aryl methyl sites for hydroxylation is 1. The molecule has 0 amide bonds. The van der Waals surface area contributed by atoms with E-state index in [1.54, 1.807) is 37.3 Å². The first-order valence-electron chi connectivity index (χ1n) is 6.81. The number of sulfonamides is 1. The molecular formula is C15H16N2O5S. The second-order valence-corrected chi connectivity index (χ2v) is 6.67. The van der Waals surface area contributed by atoms with Gasteiger partial charge in [0.15, 0.2) is 0 Å². The number of nitro groups is 1. The number of non-ortho nitro benzene ring substituents is 1. The number of nitro benzene ring substituents is 1. The number of aliphatic hydroxyl groups excluding tert-OH is 1. The molecule has 1 N–H and O–H groups in total. The van der Waals surface area contributed by atoms with E-state index in [0.29, 0.717) is 11.3 Å². The molecule has 0 aliphatic heterocycles. The quantitative estimate of drug-likeness (QED) is 0.643. The Balaban J connectivity index is 2.59. The number of anilines is 1. The predicted molar refractivity (Wildman–Crippen MR) is 85.9 cm³/mol. The Bertz CT molecular complexity index is 806. The Morgan fingerprint density at radius 1 is 1.17 bits per heavy atom. The van der Waals surface area contributed by atoms with Crippen LogP contribution in [0.1, 0.15) is 5.56 Å². The summed E-state index contributed by atoms with van der Waals surface area (Å²) in [5.74, 6) is 0. The van der Waals surface area contributed by atoms with Gasteiger partial charge in [-0.25, -0.2) is 8.42 Å². The molecule has 0 saturated carbocycles. The highest BCUT2D eigenvalue weighted by atomic mass is 32.2. The molecule has 0 heterocycles. The number of rotatable bonds is 6. The van der Waals surface area contributed by atoms with Gasteiger partial charge < -0.3 is 5.11 Å². The third-order valence-electron chi connectivity index (χ3n) is 3.30. The topological polar surface area (TPSA) is 101 Å². The minimum atomic E-state index is -4.03. The van der Waals surface area contributed by atoms with Gasteiger partial charge in [0.25, 0.3) is 15.7 Å². The average Bonchev–Trinajstić information content (AvgIpc) is 2.53. The molecule has 0 bridgehead atoms. The summed E-state index contributed by atoms with van der Waals surface area (Å²) in [5, 5.41) is 20.1. The number of hydrogen-bond donors (Lipinski definition) is 1. The van der Waals surface area contributed by atoms with E-state index in [0.717, 1.165) is 10.4 Å². The third-order valence-corrected chi connectivity index (χ3v) is 5.27. The molecule has 0 fully saturated rings. The first-order chi connectivity index (χ1) is 10.9. The summed E-state index contributed by atoms with van der Waals surface area (Å²) in [6.45, 7) is 1.05. The van der Waals surface area contributed by atoms with Gasteiger partial charge in [-0.15, -0.1) is 0 Å². The summed E-state index contributed by atoms with van der Waals surface area (Å²) in [7, 11) is -4.03. The lowest BCUT2D eigenvalue weighted by Crippen LogP contribution is -2.34. The zero-order chi connectivity index (χ0) is 17.0. The Labute approximate surface area is 134 Å². The number of para-hydroxylation sites is 1. The normalized spacial score (nSPS) is 11.2. The monoisotopic (exact) mass is 336 g/mol. The number of nitrogens with zero attached hydrogens (tertiary/aromatic N) is 2. The van der Waals surface area contributed by atoms with Gasteiger partial charge in [-0.1, -0.05) is 24.3 Å². The Kier molecular flexibility index (Phi) is 4.97. The van der Waals surface area contributed by atoms with Gasteiger partial charge in [0, 0.05) is 12.1 Å². The summed E-state index contributed by atoms with van der Waals surface area (Å²) in [4.78, 5) is 10.1. The molecule has 122 valence electrons. The molecule has 0 aromatic heterocycles. The SMILES string of the molecule is Cc1ccc([N+](=O)[O-])cc1S(=O)(=O)N(CCO)c1ccccc1. The van der Waals surface area contributed by atoms with E-state index in [9.17, 15) is 23.6 Å². The molecule has 7 nitrogen and oxygen atoms in total. The van der Waals surface area contributed by atoms with Gasteiger partial charge in [0.2, 0.25) is 0 Å². The summed E-state index contributed by atoms with van der Waals surface area (Å²) in [6.07, 6.45) is 0. The van der Waals surface area contributed by atoms with Gasteiger partial charge in [0.05, 0.1) is 28.7 Å². The summed E-state index contributed by atoms with van der Waals surface area (Å²) in [5.41, 5.74) is 0.480. The lowest BCUT2D eigenvalue weighted by molar-refractivity contribution is -0.385. The highest BCUT2D eigenvalue weighted by Crippen LogP contribution is 2.28. The number of hydrogen-bond acceptors (Lipinski definition) is 5. The van der Waals surface area contributed by atoms with Crippen LogP contribution in [0.2, 0.25) is 0 Å². The molecule has 0 saturated heterocycles. The van der Waals surface area contributed by atoms with Crippen LogP contribution in [-0.2, 0) is 10.0 Å². The van der Waals surface area contributed by atoms with E-state index in [-0.39, 0.29) is 23.7 Å². The first kappa shape index (κ1) is 16.9. The van der Waals surface area contributed by atoms with Crippen LogP contribution in [0.4, 0.5) is 11.4 Å². The van der Waals surface area contributed by atoms with E-state index in [1.807, 2.05) is 0 Å². The molecule has 2 aromatic rings. The fourth-order valence-electron chi connectivity index (χ4n) is 2.17. The van der Waals surface area contributed by atoms with Crippen molar-refractivity contribution in [2.45, 2.75) is 11.8 Å². The third kappa shape index (κ3) is 3.49. The maximum atomic E-state index is 12.9. The molecule has 0 radical (unpaired) electrons. The van der Waals surface area contributed by atoms with Crippen LogP contribution < -0.4 is 4.31 Å². The van der Waals surface area contributed by atoms with E-state index >= 15 is 0 Å². The van der Waals surface area contributed by atoms with Gasteiger partial charge in [-0.2, -0.15) is 0 Å². The van der Waals surface area contributed by atoms with E-state index < -0.39 is 14.9 Å². The van der Waals surface area contributed by atoms with Crippen molar-refractivity contribution in [3.05, 3.63) is 64.2 Å². The number of benzene rings is 2. The molecule has 0 unspecified atom stereocenters. The fourth-order valence-corrected chi connectivity index (χ4v) is 3.88. The predicted octanol–water partition coefficient (Wildman–Crippen LogP) is 2.09. The van der Waals surface area contributed by atoms with E-state index in [2.05, 4.69) is 0 Å². The minimum absolute atomic E-state index is 0.144. The Hall–Kier alpha value is -2.45. The van der Waals surface area contributed by atoms with Crippen molar-refractivity contribution in [3.8, 4) is 0 Å². The van der Waals surface area contributed by atoms with Gasteiger partial charge >= 0.3 is 0 Å². The van der Waals surface area contributed by atoms with Gasteiger partial charge in [-0.05, 0) is 24.6 Å². The molecule has 8 heteroatoms. The van der Waals surface area contributed by atoms with Crippen LogP contribution in [0.25, 0.3) is 0 Å². The fraction of sp³-hybridized carbons (Fsp3) is 0.200. The lowest BCUT2D eigenvalue weighted by Gasteiger charge is -2.24.